The third kappa shape index (κ3) is 4.05. The van der Waals surface area contributed by atoms with Gasteiger partial charge in [-0.3, -0.25) is 9.78 Å². The Balaban J connectivity index is 2.38. The molecule has 7 nitrogen and oxygen atoms in total. The van der Waals surface area contributed by atoms with Gasteiger partial charge in [0.25, 0.3) is 5.91 Å². The Bertz CT molecular complexity index is 769. The molecule has 7 heteroatoms. The fourth-order valence-electron chi connectivity index (χ4n) is 2.63. The molecule has 0 spiro atoms. The minimum absolute atomic E-state index is 0.00831. The Morgan fingerprint density at radius 3 is 2.31 bits per heavy atom. The Morgan fingerprint density at radius 2 is 1.81 bits per heavy atom. The highest BCUT2D eigenvalue weighted by Gasteiger charge is 2.20. The molecule has 1 heterocycles. The molecule has 0 aliphatic rings. The van der Waals surface area contributed by atoms with Crippen LogP contribution in [0.3, 0.4) is 0 Å². The van der Waals surface area contributed by atoms with Gasteiger partial charge in [-0.25, -0.2) is 0 Å². The van der Waals surface area contributed by atoms with E-state index in [0.29, 0.717) is 40.4 Å². The van der Waals surface area contributed by atoms with E-state index in [1.54, 1.807) is 30.0 Å². The minimum Gasteiger partial charge on any atom is -0.506 e. The second-order valence-corrected chi connectivity index (χ2v) is 5.77. The van der Waals surface area contributed by atoms with E-state index in [2.05, 4.69) is 4.98 Å². The Kier molecular flexibility index (Phi) is 6.41. The summed E-state index contributed by atoms with van der Waals surface area (Å²) in [5, 5.41) is 19.8. The predicted octanol–water partition coefficient (Wildman–Crippen LogP) is 2.27. The molecule has 0 unspecified atom stereocenters. The average molecular weight is 360 g/mol. The number of pyridine rings is 1. The van der Waals surface area contributed by atoms with Crippen molar-refractivity contribution in [2.75, 3.05) is 20.8 Å². The zero-order chi connectivity index (χ0) is 19.3. The average Bonchev–Trinajstić information content (AvgIpc) is 2.68. The Morgan fingerprint density at radius 1 is 1.19 bits per heavy atom. The molecule has 0 radical (unpaired) electrons. The largest absolute Gasteiger partial charge is 0.506 e. The van der Waals surface area contributed by atoms with Gasteiger partial charge in [-0.05, 0) is 26.0 Å². The van der Waals surface area contributed by atoms with Gasteiger partial charge in [-0.1, -0.05) is 0 Å². The number of methoxy groups -OCH3 is 2. The van der Waals surface area contributed by atoms with Crippen molar-refractivity contribution in [1.29, 1.82) is 0 Å². The number of aryl methyl sites for hydroxylation is 1. The van der Waals surface area contributed by atoms with Crippen molar-refractivity contribution in [2.45, 2.75) is 27.0 Å². The van der Waals surface area contributed by atoms with Crippen molar-refractivity contribution in [3.63, 3.8) is 0 Å². The van der Waals surface area contributed by atoms with Crippen LogP contribution in [0.5, 0.6) is 17.2 Å². The fourth-order valence-corrected chi connectivity index (χ4v) is 2.63. The number of benzene rings is 1. The van der Waals surface area contributed by atoms with E-state index in [-0.39, 0.29) is 24.8 Å². The number of hydrogen-bond donors (Lipinski definition) is 2. The zero-order valence-corrected chi connectivity index (χ0v) is 15.4. The van der Waals surface area contributed by atoms with Gasteiger partial charge in [0.1, 0.15) is 17.2 Å². The summed E-state index contributed by atoms with van der Waals surface area (Å²) in [6.07, 6.45) is 1.51. The standard InChI is InChI=1S/C19H24N2O5/c1-5-21(10-17-14(11-22)9-20-12(2)18(17)23)19(24)13-6-15(25-3)8-16(7-13)26-4/h6-9,22-23H,5,10-11H2,1-4H3. The first-order valence-corrected chi connectivity index (χ1v) is 8.24. The quantitative estimate of drug-likeness (QED) is 0.787. The summed E-state index contributed by atoms with van der Waals surface area (Å²) in [5.74, 6) is 0.790. The zero-order valence-electron chi connectivity index (χ0n) is 15.4. The molecule has 1 aromatic carbocycles. The molecule has 0 saturated carbocycles. The second kappa shape index (κ2) is 8.53. The van der Waals surface area contributed by atoms with Gasteiger partial charge in [0.05, 0.1) is 33.1 Å². The monoisotopic (exact) mass is 360 g/mol. The van der Waals surface area contributed by atoms with Gasteiger partial charge in [0.2, 0.25) is 0 Å². The van der Waals surface area contributed by atoms with Gasteiger partial charge >= 0.3 is 0 Å². The number of carbonyl (C=O) groups is 1. The molecule has 0 bridgehead atoms. The number of amides is 1. The first-order chi connectivity index (χ1) is 12.4. The first kappa shape index (κ1) is 19.5. The van der Waals surface area contributed by atoms with Crippen LogP contribution in [0.15, 0.2) is 24.4 Å². The summed E-state index contributed by atoms with van der Waals surface area (Å²) in [4.78, 5) is 18.6. The van der Waals surface area contributed by atoms with Crippen LogP contribution in [0, 0.1) is 6.92 Å². The Labute approximate surface area is 152 Å². The summed E-state index contributed by atoms with van der Waals surface area (Å²) >= 11 is 0. The smallest absolute Gasteiger partial charge is 0.254 e. The number of nitrogens with zero attached hydrogens (tertiary/aromatic N) is 2. The molecule has 1 amide bonds. The van der Waals surface area contributed by atoms with Crippen molar-refractivity contribution < 1.29 is 24.5 Å². The summed E-state index contributed by atoms with van der Waals surface area (Å²) in [6, 6.07) is 4.96. The number of hydrogen-bond acceptors (Lipinski definition) is 6. The molecular formula is C19H24N2O5. The maximum absolute atomic E-state index is 13.0. The van der Waals surface area contributed by atoms with Gasteiger partial charge in [0, 0.05) is 35.5 Å². The van der Waals surface area contributed by atoms with E-state index in [4.69, 9.17) is 9.47 Å². The van der Waals surface area contributed by atoms with E-state index < -0.39 is 0 Å². The predicted molar refractivity (Wildman–Crippen MR) is 96.5 cm³/mol. The van der Waals surface area contributed by atoms with E-state index >= 15 is 0 Å². The maximum Gasteiger partial charge on any atom is 0.254 e. The highest BCUT2D eigenvalue weighted by Crippen LogP contribution is 2.27. The topological polar surface area (TPSA) is 92.1 Å². The molecule has 2 N–H and O–H groups in total. The van der Waals surface area contributed by atoms with Crippen molar-refractivity contribution in [2.24, 2.45) is 0 Å². The van der Waals surface area contributed by atoms with Gasteiger partial charge in [-0.15, -0.1) is 0 Å². The molecule has 0 fully saturated rings. The van der Waals surface area contributed by atoms with E-state index in [1.165, 1.54) is 20.4 Å². The van der Waals surface area contributed by atoms with Crippen molar-refractivity contribution in [3.8, 4) is 17.2 Å². The van der Waals surface area contributed by atoms with Crippen molar-refractivity contribution >= 4 is 5.91 Å². The van der Waals surface area contributed by atoms with Crippen LogP contribution >= 0.6 is 0 Å². The van der Waals surface area contributed by atoms with Crippen LogP contribution in [0.1, 0.15) is 34.1 Å². The number of aromatic hydroxyl groups is 1. The molecule has 0 atom stereocenters. The lowest BCUT2D eigenvalue weighted by atomic mass is 10.1. The first-order valence-electron chi connectivity index (χ1n) is 8.24. The van der Waals surface area contributed by atoms with Crippen LogP contribution in [0.2, 0.25) is 0 Å². The number of ether oxygens (including phenoxy) is 2. The lowest BCUT2D eigenvalue weighted by Crippen LogP contribution is -2.31. The lowest BCUT2D eigenvalue weighted by molar-refractivity contribution is 0.0749. The second-order valence-electron chi connectivity index (χ2n) is 5.77. The molecule has 140 valence electrons. The SMILES string of the molecule is CCN(Cc1c(CO)cnc(C)c1O)C(=O)c1cc(OC)cc(OC)c1. The van der Waals surface area contributed by atoms with E-state index in [0.717, 1.165) is 0 Å². The lowest BCUT2D eigenvalue weighted by Gasteiger charge is -2.23. The van der Waals surface area contributed by atoms with Crippen LogP contribution in [0.4, 0.5) is 0 Å². The molecule has 2 aromatic rings. The number of rotatable bonds is 7. The van der Waals surface area contributed by atoms with Crippen molar-refractivity contribution in [1.82, 2.24) is 9.88 Å². The molecule has 1 aromatic heterocycles. The highest BCUT2D eigenvalue weighted by molar-refractivity contribution is 5.95. The summed E-state index contributed by atoms with van der Waals surface area (Å²) in [5.41, 5.74) is 1.84. The van der Waals surface area contributed by atoms with Crippen molar-refractivity contribution in [3.05, 3.63) is 46.8 Å². The minimum atomic E-state index is -0.269. The van der Waals surface area contributed by atoms with Gasteiger partial charge in [0.15, 0.2) is 0 Å². The molecule has 0 saturated heterocycles. The molecule has 26 heavy (non-hydrogen) atoms. The Hall–Kier alpha value is -2.80. The number of carbonyl (C=O) groups excluding carboxylic acids is 1. The highest BCUT2D eigenvalue weighted by atomic mass is 16.5. The summed E-state index contributed by atoms with van der Waals surface area (Å²) < 4.78 is 10.4. The summed E-state index contributed by atoms with van der Waals surface area (Å²) in [6.45, 7) is 3.82. The van der Waals surface area contributed by atoms with E-state index in [1.807, 2.05) is 6.92 Å². The maximum atomic E-state index is 13.0. The summed E-state index contributed by atoms with van der Waals surface area (Å²) in [7, 11) is 3.04. The molecule has 0 aliphatic carbocycles. The normalized spacial score (nSPS) is 10.5. The van der Waals surface area contributed by atoms with Crippen LogP contribution in [0.25, 0.3) is 0 Å². The fraction of sp³-hybridized carbons (Fsp3) is 0.368. The van der Waals surface area contributed by atoms with Crippen LogP contribution < -0.4 is 9.47 Å². The number of aromatic nitrogens is 1. The van der Waals surface area contributed by atoms with E-state index in [9.17, 15) is 15.0 Å². The molecule has 0 aliphatic heterocycles. The third-order valence-electron chi connectivity index (χ3n) is 4.22. The number of aliphatic hydroxyl groups excluding tert-OH is 1. The third-order valence-corrected chi connectivity index (χ3v) is 4.22. The molecular weight excluding hydrogens is 336 g/mol. The van der Waals surface area contributed by atoms with Crippen LogP contribution in [-0.2, 0) is 13.2 Å². The van der Waals surface area contributed by atoms with Gasteiger partial charge in [-0.2, -0.15) is 0 Å². The van der Waals surface area contributed by atoms with Crippen LogP contribution in [-0.4, -0.2) is 46.8 Å². The number of aliphatic hydroxyl groups is 1. The van der Waals surface area contributed by atoms with Gasteiger partial charge < -0.3 is 24.6 Å². The molecule has 2 rings (SSSR count).